The van der Waals surface area contributed by atoms with E-state index in [9.17, 15) is 13.2 Å². The SMILES string of the molecule is N#CC(N)=CC(F)(F)F. The van der Waals surface area contributed by atoms with Crippen molar-refractivity contribution in [3.63, 3.8) is 0 Å². The van der Waals surface area contributed by atoms with E-state index < -0.39 is 11.9 Å². The molecule has 9 heavy (non-hydrogen) atoms. The summed E-state index contributed by atoms with van der Waals surface area (Å²) < 4.78 is 33.6. The van der Waals surface area contributed by atoms with E-state index in [1.54, 1.807) is 0 Å². The number of allylic oxidation sites excluding steroid dienone is 2. The fourth-order valence-corrected chi connectivity index (χ4v) is 0.209. The largest absolute Gasteiger partial charge is 0.412 e. The first-order valence-corrected chi connectivity index (χ1v) is 1.91. The molecule has 0 rings (SSSR count). The van der Waals surface area contributed by atoms with E-state index in [1.165, 1.54) is 0 Å². The Hall–Kier alpha value is -1.18. The molecule has 5 heteroatoms. The molecule has 0 atom stereocenters. The summed E-state index contributed by atoms with van der Waals surface area (Å²) in [5.74, 6) is 0. The van der Waals surface area contributed by atoms with E-state index in [0.717, 1.165) is 6.07 Å². The predicted molar refractivity (Wildman–Crippen MR) is 23.9 cm³/mol. The number of nitrogens with zero attached hydrogens (tertiary/aromatic N) is 1. The average Bonchev–Trinajstić information content (AvgIpc) is 1.62. The number of nitriles is 1. The van der Waals surface area contributed by atoms with Gasteiger partial charge in [0.05, 0.1) is 6.08 Å². The van der Waals surface area contributed by atoms with Gasteiger partial charge in [-0.1, -0.05) is 0 Å². The molecule has 0 aliphatic heterocycles. The highest BCUT2D eigenvalue weighted by Crippen LogP contribution is 2.16. The van der Waals surface area contributed by atoms with Gasteiger partial charge in [0, 0.05) is 0 Å². The van der Waals surface area contributed by atoms with Crippen LogP contribution >= 0.6 is 0 Å². The molecule has 0 aromatic carbocycles. The van der Waals surface area contributed by atoms with Crippen LogP contribution in [0.2, 0.25) is 0 Å². The third-order valence-electron chi connectivity index (χ3n) is 0.448. The molecule has 0 amide bonds. The molecule has 0 saturated heterocycles. The maximum atomic E-state index is 11.2. The average molecular weight is 136 g/mol. The van der Waals surface area contributed by atoms with E-state index in [-0.39, 0.29) is 6.08 Å². The molecule has 0 saturated carbocycles. The Morgan fingerprint density at radius 1 is 1.56 bits per heavy atom. The van der Waals surface area contributed by atoms with Crippen molar-refractivity contribution < 1.29 is 13.2 Å². The molecule has 0 aliphatic rings. The molecule has 0 aromatic heterocycles. The third kappa shape index (κ3) is 4.68. The van der Waals surface area contributed by atoms with E-state index in [1.807, 2.05) is 0 Å². The van der Waals surface area contributed by atoms with Gasteiger partial charge in [-0.3, -0.25) is 0 Å². The van der Waals surface area contributed by atoms with E-state index in [0.29, 0.717) is 0 Å². The lowest BCUT2D eigenvalue weighted by Crippen LogP contribution is -2.06. The Labute approximate surface area is 49.4 Å². The summed E-state index contributed by atoms with van der Waals surface area (Å²) in [6, 6.07) is 1.14. The standard InChI is InChI=1S/C4H3F3N2/c5-4(6,7)1-3(9)2-8/h1H,9H2. The normalized spacial score (nSPS) is 12.9. The van der Waals surface area contributed by atoms with Crippen molar-refractivity contribution in [3.8, 4) is 6.07 Å². The molecule has 0 aliphatic carbocycles. The summed E-state index contributed by atoms with van der Waals surface area (Å²) in [6.45, 7) is 0. The van der Waals surface area contributed by atoms with Crippen molar-refractivity contribution >= 4 is 0 Å². The quantitative estimate of drug-likeness (QED) is 0.503. The maximum absolute atomic E-state index is 11.2. The van der Waals surface area contributed by atoms with Crippen LogP contribution < -0.4 is 5.73 Å². The van der Waals surface area contributed by atoms with Crippen LogP contribution in [0.5, 0.6) is 0 Å². The van der Waals surface area contributed by atoms with Gasteiger partial charge in [0.2, 0.25) is 0 Å². The molecule has 0 spiro atoms. The van der Waals surface area contributed by atoms with Crippen LogP contribution in [-0.4, -0.2) is 6.18 Å². The molecule has 2 nitrogen and oxygen atoms in total. The minimum atomic E-state index is -4.49. The number of alkyl halides is 3. The first-order valence-electron chi connectivity index (χ1n) is 1.91. The second-order valence-electron chi connectivity index (χ2n) is 1.25. The number of hydrogen-bond acceptors (Lipinski definition) is 2. The number of rotatable bonds is 0. The van der Waals surface area contributed by atoms with Crippen molar-refractivity contribution in [1.82, 2.24) is 0 Å². The molecular formula is C4H3F3N2. The molecule has 0 fully saturated rings. The predicted octanol–water partition coefficient (Wildman–Crippen LogP) is 0.915. The smallest absolute Gasteiger partial charge is 0.390 e. The third-order valence-corrected chi connectivity index (χ3v) is 0.448. The summed E-state index contributed by atoms with van der Waals surface area (Å²) in [6.07, 6.45) is -4.74. The van der Waals surface area contributed by atoms with Crippen LogP contribution in [0.15, 0.2) is 11.8 Å². The van der Waals surface area contributed by atoms with Gasteiger partial charge in [-0.2, -0.15) is 18.4 Å². The van der Waals surface area contributed by atoms with Gasteiger partial charge in [0.25, 0.3) is 0 Å². The van der Waals surface area contributed by atoms with Gasteiger partial charge in [0.1, 0.15) is 11.8 Å². The first-order chi connectivity index (χ1) is 3.95. The monoisotopic (exact) mass is 136 g/mol. The summed E-state index contributed by atoms with van der Waals surface area (Å²) in [4.78, 5) is 0. The summed E-state index contributed by atoms with van der Waals surface area (Å²) in [5.41, 5.74) is 3.71. The fraction of sp³-hybridized carbons (Fsp3) is 0.250. The minimum Gasteiger partial charge on any atom is -0.390 e. The zero-order chi connectivity index (χ0) is 7.49. The van der Waals surface area contributed by atoms with Crippen LogP contribution in [0.25, 0.3) is 0 Å². The highest BCUT2D eigenvalue weighted by atomic mass is 19.4. The second-order valence-corrected chi connectivity index (χ2v) is 1.25. The zero-order valence-electron chi connectivity index (χ0n) is 4.24. The Kier molecular flexibility index (Phi) is 2.08. The molecular weight excluding hydrogens is 133 g/mol. The van der Waals surface area contributed by atoms with E-state index >= 15 is 0 Å². The Morgan fingerprint density at radius 3 is 2.11 bits per heavy atom. The first kappa shape index (κ1) is 7.82. The van der Waals surface area contributed by atoms with Crippen molar-refractivity contribution in [1.29, 1.82) is 5.26 Å². The lowest BCUT2D eigenvalue weighted by molar-refractivity contribution is -0.0803. The van der Waals surface area contributed by atoms with Crippen molar-refractivity contribution in [2.45, 2.75) is 6.18 Å². The Balaban J connectivity index is 4.17. The number of nitrogens with two attached hydrogens (primary N) is 1. The molecule has 0 bridgehead atoms. The van der Waals surface area contributed by atoms with Crippen LogP contribution in [0.3, 0.4) is 0 Å². The zero-order valence-corrected chi connectivity index (χ0v) is 4.24. The van der Waals surface area contributed by atoms with Gasteiger partial charge in [-0.05, 0) is 0 Å². The van der Waals surface area contributed by atoms with Gasteiger partial charge < -0.3 is 5.73 Å². The molecule has 50 valence electrons. The van der Waals surface area contributed by atoms with E-state index in [2.05, 4.69) is 5.73 Å². The molecule has 0 aromatic rings. The minimum absolute atomic E-state index is 0.257. The van der Waals surface area contributed by atoms with Crippen LogP contribution in [0.1, 0.15) is 0 Å². The molecule has 0 radical (unpaired) electrons. The summed E-state index contributed by atoms with van der Waals surface area (Å²) in [7, 11) is 0. The Morgan fingerprint density at radius 2 is 2.00 bits per heavy atom. The van der Waals surface area contributed by atoms with Gasteiger partial charge >= 0.3 is 6.18 Å². The van der Waals surface area contributed by atoms with Gasteiger partial charge in [-0.15, -0.1) is 0 Å². The van der Waals surface area contributed by atoms with Gasteiger partial charge in [0.15, 0.2) is 0 Å². The molecule has 0 unspecified atom stereocenters. The van der Waals surface area contributed by atoms with Crippen LogP contribution in [0, 0.1) is 11.3 Å². The van der Waals surface area contributed by atoms with Crippen LogP contribution in [-0.2, 0) is 0 Å². The topological polar surface area (TPSA) is 49.8 Å². The van der Waals surface area contributed by atoms with E-state index in [4.69, 9.17) is 5.26 Å². The highest BCUT2D eigenvalue weighted by Gasteiger charge is 2.23. The van der Waals surface area contributed by atoms with Crippen molar-refractivity contribution in [2.24, 2.45) is 5.73 Å². The summed E-state index contributed by atoms with van der Waals surface area (Å²) in [5, 5.41) is 7.75. The lowest BCUT2D eigenvalue weighted by Gasteiger charge is -1.95. The summed E-state index contributed by atoms with van der Waals surface area (Å²) >= 11 is 0. The van der Waals surface area contributed by atoms with Gasteiger partial charge in [-0.25, -0.2) is 0 Å². The molecule has 0 heterocycles. The second kappa shape index (κ2) is 2.40. The van der Waals surface area contributed by atoms with Crippen LogP contribution in [0.4, 0.5) is 13.2 Å². The number of halogens is 3. The lowest BCUT2D eigenvalue weighted by atomic mass is 10.4. The fourth-order valence-electron chi connectivity index (χ4n) is 0.209. The number of hydrogen-bond donors (Lipinski definition) is 1. The highest BCUT2D eigenvalue weighted by molar-refractivity contribution is 5.17. The maximum Gasteiger partial charge on any atom is 0.412 e. The van der Waals surface area contributed by atoms with Crippen molar-refractivity contribution in [2.75, 3.05) is 0 Å². The van der Waals surface area contributed by atoms with Crippen molar-refractivity contribution in [3.05, 3.63) is 11.8 Å². The Bertz CT molecular complexity index is 162. The molecule has 2 N–H and O–H groups in total.